The van der Waals surface area contributed by atoms with Crippen molar-refractivity contribution < 1.29 is 4.74 Å². The van der Waals surface area contributed by atoms with Gasteiger partial charge in [0, 0.05) is 32.4 Å². The fraction of sp³-hybridized carbons (Fsp3) is 0.643. The maximum Gasteiger partial charge on any atom is 0.0678 e. The van der Waals surface area contributed by atoms with E-state index in [9.17, 15) is 0 Å². The largest absolute Gasteiger partial charge is 0.373 e. The Labute approximate surface area is 109 Å². The summed E-state index contributed by atoms with van der Waals surface area (Å²) in [7, 11) is 1.95. The van der Waals surface area contributed by atoms with Crippen LogP contribution >= 0.6 is 0 Å². The van der Waals surface area contributed by atoms with Crippen LogP contribution < -0.4 is 5.32 Å². The Morgan fingerprint density at radius 2 is 2.06 bits per heavy atom. The molecule has 100 valence electrons. The highest BCUT2D eigenvalue weighted by Crippen LogP contribution is 2.13. The molecule has 1 aliphatic heterocycles. The van der Waals surface area contributed by atoms with Gasteiger partial charge in [-0.15, -0.1) is 0 Å². The molecule has 4 heteroatoms. The van der Waals surface area contributed by atoms with Gasteiger partial charge in [0.25, 0.3) is 0 Å². The summed E-state index contributed by atoms with van der Waals surface area (Å²) in [5.74, 6) is 0. The van der Waals surface area contributed by atoms with Gasteiger partial charge >= 0.3 is 0 Å². The molecule has 2 rings (SSSR count). The Morgan fingerprint density at radius 3 is 2.61 bits per heavy atom. The molecule has 1 aromatic rings. The highest BCUT2D eigenvalue weighted by atomic mass is 16.5. The van der Waals surface area contributed by atoms with Crippen LogP contribution in [0.5, 0.6) is 0 Å². The minimum atomic E-state index is 0.317. The maximum absolute atomic E-state index is 5.73. The number of hydrogen-bond donors (Lipinski definition) is 1. The van der Waals surface area contributed by atoms with Gasteiger partial charge in [-0.05, 0) is 32.5 Å². The van der Waals surface area contributed by atoms with Crippen LogP contribution in [0.1, 0.15) is 25.1 Å². The molecule has 1 aliphatic rings. The third-order valence-electron chi connectivity index (χ3n) is 3.15. The summed E-state index contributed by atoms with van der Waals surface area (Å²) >= 11 is 0. The van der Waals surface area contributed by atoms with E-state index in [2.05, 4.69) is 41.2 Å². The molecular formula is C14H23N3O. The van der Waals surface area contributed by atoms with E-state index >= 15 is 0 Å². The molecule has 0 bridgehead atoms. The molecule has 1 saturated heterocycles. The van der Waals surface area contributed by atoms with Gasteiger partial charge in [-0.25, -0.2) is 0 Å². The van der Waals surface area contributed by atoms with Crippen LogP contribution in [-0.2, 0) is 17.8 Å². The zero-order valence-electron chi connectivity index (χ0n) is 11.5. The Bertz CT molecular complexity index is 356. The maximum atomic E-state index is 5.73. The fourth-order valence-corrected chi connectivity index (χ4v) is 2.50. The van der Waals surface area contributed by atoms with Crippen LogP contribution in [0.3, 0.4) is 0 Å². The lowest BCUT2D eigenvalue weighted by Gasteiger charge is -2.35. The predicted octanol–water partition coefficient (Wildman–Crippen LogP) is 1.41. The summed E-state index contributed by atoms with van der Waals surface area (Å²) in [4.78, 5) is 6.93. The van der Waals surface area contributed by atoms with Gasteiger partial charge in [-0.1, -0.05) is 6.07 Å². The molecule has 0 amide bonds. The Hall–Kier alpha value is -0.970. The van der Waals surface area contributed by atoms with E-state index in [0.717, 1.165) is 31.9 Å². The molecule has 1 fully saturated rings. The summed E-state index contributed by atoms with van der Waals surface area (Å²) in [6.45, 7) is 8.03. The van der Waals surface area contributed by atoms with Crippen molar-refractivity contribution in [2.75, 3.05) is 20.1 Å². The summed E-state index contributed by atoms with van der Waals surface area (Å²) < 4.78 is 5.73. The van der Waals surface area contributed by atoms with Crippen molar-refractivity contribution in [1.82, 2.24) is 15.2 Å². The van der Waals surface area contributed by atoms with Crippen LogP contribution in [0.15, 0.2) is 18.3 Å². The summed E-state index contributed by atoms with van der Waals surface area (Å²) in [6, 6.07) is 4.27. The number of ether oxygens (including phenoxy) is 1. The topological polar surface area (TPSA) is 37.4 Å². The third-order valence-corrected chi connectivity index (χ3v) is 3.15. The first-order chi connectivity index (χ1) is 8.67. The molecule has 0 radical (unpaired) electrons. The van der Waals surface area contributed by atoms with Gasteiger partial charge in [0.05, 0.1) is 17.9 Å². The van der Waals surface area contributed by atoms with E-state index in [4.69, 9.17) is 4.74 Å². The molecule has 4 nitrogen and oxygen atoms in total. The van der Waals surface area contributed by atoms with Crippen molar-refractivity contribution in [1.29, 1.82) is 0 Å². The first-order valence-electron chi connectivity index (χ1n) is 6.63. The molecule has 2 unspecified atom stereocenters. The van der Waals surface area contributed by atoms with E-state index in [1.54, 1.807) is 0 Å². The average Bonchev–Trinajstić information content (AvgIpc) is 2.31. The van der Waals surface area contributed by atoms with Gasteiger partial charge in [0.15, 0.2) is 0 Å². The van der Waals surface area contributed by atoms with Gasteiger partial charge in [0.1, 0.15) is 0 Å². The summed E-state index contributed by atoms with van der Waals surface area (Å²) in [5.41, 5.74) is 2.36. The molecular weight excluding hydrogens is 226 g/mol. The van der Waals surface area contributed by atoms with Crippen molar-refractivity contribution in [2.24, 2.45) is 0 Å². The molecule has 0 spiro atoms. The molecule has 0 saturated carbocycles. The molecule has 2 atom stereocenters. The Kier molecular flexibility index (Phi) is 4.69. The average molecular weight is 249 g/mol. The summed E-state index contributed by atoms with van der Waals surface area (Å²) in [6.07, 6.45) is 2.59. The number of nitrogens with zero attached hydrogens (tertiary/aromatic N) is 2. The monoisotopic (exact) mass is 249 g/mol. The molecule has 1 aromatic heterocycles. The van der Waals surface area contributed by atoms with Crippen LogP contribution in [0.4, 0.5) is 0 Å². The normalized spacial score (nSPS) is 25.3. The minimum absolute atomic E-state index is 0.317. The summed E-state index contributed by atoms with van der Waals surface area (Å²) in [5, 5.41) is 3.13. The van der Waals surface area contributed by atoms with E-state index in [1.807, 2.05) is 13.2 Å². The molecule has 2 heterocycles. The third kappa shape index (κ3) is 3.77. The van der Waals surface area contributed by atoms with Crippen molar-refractivity contribution in [3.63, 3.8) is 0 Å². The second-order valence-electron chi connectivity index (χ2n) is 5.14. The first kappa shape index (κ1) is 13.5. The smallest absolute Gasteiger partial charge is 0.0678 e. The van der Waals surface area contributed by atoms with E-state index in [0.29, 0.717) is 12.2 Å². The number of rotatable bonds is 4. The lowest BCUT2D eigenvalue weighted by molar-refractivity contribution is -0.0707. The van der Waals surface area contributed by atoms with Crippen LogP contribution in [0.2, 0.25) is 0 Å². The second kappa shape index (κ2) is 6.27. The number of hydrogen-bond acceptors (Lipinski definition) is 4. The van der Waals surface area contributed by atoms with Crippen molar-refractivity contribution in [3.05, 3.63) is 29.6 Å². The van der Waals surface area contributed by atoms with Crippen molar-refractivity contribution in [3.8, 4) is 0 Å². The SMILES string of the molecule is CNCc1ccc(CN2CC(C)OC(C)C2)nc1. The van der Waals surface area contributed by atoms with Crippen LogP contribution in [0.25, 0.3) is 0 Å². The van der Waals surface area contributed by atoms with Crippen molar-refractivity contribution >= 4 is 0 Å². The lowest BCUT2D eigenvalue weighted by atomic mass is 10.2. The quantitative estimate of drug-likeness (QED) is 0.875. The number of aromatic nitrogens is 1. The van der Waals surface area contributed by atoms with Gasteiger partial charge in [0.2, 0.25) is 0 Å². The van der Waals surface area contributed by atoms with Crippen molar-refractivity contribution in [2.45, 2.75) is 39.1 Å². The van der Waals surface area contributed by atoms with Gasteiger partial charge < -0.3 is 10.1 Å². The Balaban J connectivity index is 1.92. The van der Waals surface area contributed by atoms with E-state index in [-0.39, 0.29) is 0 Å². The highest BCUT2D eigenvalue weighted by molar-refractivity contribution is 5.14. The first-order valence-corrected chi connectivity index (χ1v) is 6.63. The number of pyridine rings is 1. The highest BCUT2D eigenvalue weighted by Gasteiger charge is 2.22. The van der Waals surface area contributed by atoms with E-state index in [1.165, 1.54) is 5.56 Å². The van der Waals surface area contributed by atoms with Gasteiger partial charge in [-0.2, -0.15) is 0 Å². The van der Waals surface area contributed by atoms with Gasteiger partial charge in [-0.3, -0.25) is 9.88 Å². The molecule has 0 aromatic carbocycles. The zero-order chi connectivity index (χ0) is 13.0. The predicted molar refractivity (Wildman–Crippen MR) is 72.3 cm³/mol. The molecule has 0 aliphatic carbocycles. The second-order valence-corrected chi connectivity index (χ2v) is 5.14. The van der Waals surface area contributed by atoms with Crippen LogP contribution in [-0.4, -0.2) is 42.2 Å². The standard InChI is InChI=1S/C14H23N3O/c1-11-8-17(9-12(2)18-11)10-14-5-4-13(6-15-3)7-16-14/h4-5,7,11-12,15H,6,8-10H2,1-3H3. The minimum Gasteiger partial charge on any atom is -0.373 e. The number of nitrogens with one attached hydrogen (secondary N) is 1. The fourth-order valence-electron chi connectivity index (χ4n) is 2.50. The molecule has 18 heavy (non-hydrogen) atoms. The Morgan fingerprint density at radius 1 is 1.33 bits per heavy atom. The number of morpholine rings is 1. The molecule has 1 N–H and O–H groups in total. The van der Waals surface area contributed by atoms with E-state index < -0.39 is 0 Å². The zero-order valence-corrected chi connectivity index (χ0v) is 11.5. The van der Waals surface area contributed by atoms with Crippen LogP contribution in [0, 0.1) is 0 Å². The lowest BCUT2D eigenvalue weighted by Crippen LogP contribution is -2.44.